The molecule has 1 aromatic heterocycles. The third-order valence-corrected chi connectivity index (χ3v) is 3.97. The number of piperazine rings is 1. The van der Waals surface area contributed by atoms with E-state index in [1.807, 2.05) is 35.2 Å². The molecule has 24 heavy (non-hydrogen) atoms. The van der Waals surface area contributed by atoms with Crippen molar-refractivity contribution < 1.29 is 14.3 Å². The Labute approximate surface area is 140 Å². The summed E-state index contributed by atoms with van der Waals surface area (Å²) in [6.07, 6.45) is 0. The normalized spacial score (nSPS) is 14.4. The number of methoxy groups -OCH3 is 2. The summed E-state index contributed by atoms with van der Waals surface area (Å²) in [5, 5.41) is 0. The predicted molar refractivity (Wildman–Crippen MR) is 89.7 cm³/mol. The molecule has 2 aromatic rings. The van der Waals surface area contributed by atoms with Crippen LogP contribution in [-0.4, -0.2) is 61.2 Å². The lowest BCUT2D eigenvalue weighted by Gasteiger charge is -2.35. The van der Waals surface area contributed by atoms with Crippen LogP contribution in [-0.2, 0) is 0 Å². The molecule has 0 atom stereocenters. The van der Waals surface area contributed by atoms with Crippen LogP contribution in [0.3, 0.4) is 0 Å². The van der Waals surface area contributed by atoms with Gasteiger partial charge in [0, 0.05) is 37.8 Å². The van der Waals surface area contributed by atoms with Crippen molar-refractivity contribution in [1.82, 2.24) is 14.9 Å². The minimum absolute atomic E-state index is 0.0631. The highest BCUT2D eigenvalue weighted by molar-refractivity contribution is 5.94. The van der Waals surface area contributed by atoms with Crippen molar-refractivity contribution in [1.29, 1.82) is 0 Å². The van der Waals surface area contributed by atoms with Gasteiger partial charge in [-0.05, 0) is 12.1 Å². The van der Waals surface area contributed by atoms with Crippen molar-refractivity contribution in [3.63, 3.8) is 0 Å². The van der Waals surface area contributed by atoms with Crippen molar-refractivity contribution in [2.24, 2.45) is 0 Å². The van der Waals surface area contributed by atoms with E-state index in [2.05, 4.69) is 14.9 Å². The predicted octanol–water partition coefficient (Wildman–Crippen LogP) is 1.46. The summed E-state index contributed by atoms with van der Waals surface area (Å²) >= 11 is 0. The molecule has 1 aromatic carbocycles. The first-order valence-corrected chi connectivity index (χ1v) is 7.77. The number of aromatic nitrogens is 2. The van der Waals surface area contributed by atoms with Gasteiger partial charge in [-0.15, -0.1) is 0 Å². The van der Waals surface area contributed by atoms with Gasteiger partial charge in [0.2, 0.25) is 5.88 Å². The van der Waals surface area contributed by atoms with Crippen molar-refractivity contribution in [3.05, 3.63) is 42.0 Å². The summed E-state index contributed by atoms with van der Waals surface area (Å²) in [6.45, 7) is 2.68. The second-order valence-corrected chi connectivity index (χ2v) is 5.40. The van der Waals surface area contributed by atoms with Crippen molar-refractivity contribution in [2.75, 3.05) is 45.3 Å². The van der Waals surface area contributed by atoms with E-state index in [0.29, 0.717) is 32.1 Å². The Morgan fingerprint density at radius 1 is 1.00 bits per heavy atom. The number of amides is 1. The molecule has 0 radical (unpaired) electrons. The first-order valence-electron chi connectivity index (χ1n) is 7.77. The van der Waals surface area contributed by atoms with Gasteiger partial charge in [0.05, 0.1) is 14.2 Å². The monoisotopic (exact) mass is 328 g/mol. The Morgan fingerprint density at radius 2 is 1.71 bits per heavy atom. The number of anilines is 1. The first kappa shape index (κ1) is 16.0. The lowest BCUT2D eigenvalue weighted by molar-refractivity contribution is 0.0746. The molecular weight excluding hydrogens is 308 g/mol. The standard InChI is InChI=1S/C17H20N4O3/c1-23-15-12-14(18-17(19-15)24-2)20-8-10-21(11-9-20)16(22)13-6-4-3-5-7-13/h3-7,12H,8-11H2,1-2H3. The quantitative estimate of drug-likeness (QED) is 0.846. The summed E-state index contributed by atoms with van der Waals surface area (Å²) in [6, 6.07) is 11.4. The molecule has 0 N–H and O–H groups in total. The number of carbonyl (C=O) groups excluding carboxylic acids is 1. The fourth-order valence-corrected chi connectivity index (χ4v) is 2.65. The number of ether oxygens (including phenoxy) is 2. The van der Waals surface area contributed by atoms with Crippen molar-refractivity contribution in [2.45, 2.75) is 0 Å². The van der Waals surface area contributed by atoms with Crippen LogP contribution >= 0.6 is 0 Å². The maximum atomic E-state index is 12.5. The minimum atomic E-state index is 0.0631. The Kier molecular flexibility index (Phi) is 4.79. The highest BCUT2D eigenvalue weighted by atomic mass is 16.5. The lowest BCUT2D eigenvalue weighted by atomic mass is 10.2. The number of hydrogen-bond donors (Lipinski definition) is 0. The molecule has 0 spiro atoms. The highest BCUT2D eigenvalue weighted by Gasteiger charge is 2.23. The van der Waals surface area contributed by atoms with Gasteiger partial charge in [0.25, 0.3) is 5.91 Å². The van der Waals surface area contributed by atoms with Crippen molar-refractivity contribution >= 4 is 11.7 Å². The smallest absolute Gasteiger partial charge is 0.321 e. The van der Waals surface area contributed by atoms with Gasteiger partial charge in [-0.25, -0.2) is 0 Å². The molecule has 7 heteroatoms. The van der Waals surface area contributed by atoms with Gasteiger partial charge in [-0.1, -0.05) is 18.2 Å². The Balaban J connectivity index is 1.68. The van der Waals surface area contributed by atoms with Crippen LogP contribution in [0.15, 0.2) is 36.4 Å². The Hall–Kier alpha value is -2.83. The molecule has 1 aliphatic heterocycles. The van der Waals surface area contributed by atoms with Crippen LogP contribution in [0.4, 0.5) is 5.82 Å². The molecule has 3 rings (SSSR count). The van der Waals surface area contributed by atoms with Crippen LogP contribution in [0.1, 0.15) is 10.4 Å². The molecule has 2 heterocycles. The van der Waals surface area contributed by atoms with E-state index in [-0.39, 0.29) is 11.9 Å². The Bertz CT molecular complexity index is 678. The number of carbonyl (C=O) groups is 1. The summed E-state index contributed by atoms with van der Waals surface area (Å²) in [5.41, 5.74) is 0.719. The van der Waals surface area contributed by atoms with E-state index in [1.54, 1.807) is 13.2 Å². The molecule has 1 aliphatic rings. The highest BCUT2D eigenvalue weighted by Crippen LogP contribution is 2.22. The van der Waals surface area contributed by atoms with Gasteiger partial charge in [-0.3, -0.25) is 4.79 Å². The van der Waals surface area contributed by atoms with Crippen LogP contribution in [0.2, 0.25) is 0 Å². The Morgan fingerprint density at radius 3 is 2.33 bits per heavy atom. The maximum absolute atomic E-state index is 12.5. The zero-order chi connectivity index (χ0) is 16.9. The zero-order valence-electron chi connectivity index (χ0n) is 13.8. The van der Waals surface area contributed by atoms with E-state index in [4.69, 9.17) is 9.47 Å². The SMILES string of the molecule is COc1cc(N2CCN(C(=O)c3ccccc3)CC2)nc(OC)n1. The fraction of sp³-hybridized carbons (Fsp3) is 0.353. The van der Waals surface area contributed by atoms with E-state index < -0.39 is 0 Å². The second-order valence-electron chi connectivity index (χ2n) is 5.40. The molecule has 0 bridgehead atoms. The summed E-state index contributed by atoms with van der Waals surface area (Å²) in [7, 11) is 3.08. The molecule has 1 saturated heterocycles. The average Bonchev–Trinajstić information content (AvgIpc) is 2.67. The average molecular weight is 328 g/mol. The van der Waals surface area contributed by atoms with Gasteiger partial charge in [-0.2, -0.15) is 9.97 Å². The fourth-order valence-electron chi connectivity index (χ4n) is 2.65. The molecule has 0 aliphatic carbocycles. The van der Waals surface area contributed by atoms with Crippen LogP contribution in [0, 0.1) is 0 Å². The van der Waals surface area contributed by atoms with E-state index >= 15 is 0 Å². The molecule has 0 saturated carbocycles. The molecule has 126 valence electrons. The van der Waals surface area contributed by atoms with Gasteiger partial charge < -0.3 is 19.3 Å². The largest absolute Gasteiger partial charge is 0.481 e. The number of rotatable bonds is 4. The van der Waals surface area contributed by atoms with E-state index in [0.717, 1.165) is 11.4 Å². The topological polar surface area (TPSA) is 67.8 Å². The second kappa shape index (κ2) is 7.16. The van der Waals surface area contributed by atoms with Crippen LogP contribution in [0.25, 0.3) is 0 Å². The molecular formula is C17H20N4O3. The summed E-state index contributed by atoms with van der Waals surface area (Å²) in [5.74, 6) is 1.26. The molecule has 1 amide bonds. The lowest BCUT2D eigenvalue weighted by Crippen LogP contribution is -2.49. The number of nitrogens with zero attached hydrogens (tertiary/aromatic N) is 4. The maximum Gasteiger partial charge on any atom is 0.321 e. The summed E-state index contributed by atoms with van der Waals surface area (Å²) in [4.78, 5) is 24.9. The van der Waals surface area contributed by atoms with E-state index in [9.17, 15) is 4.79 Å². The van der Waals surface area contributed by atoms with Crippen molar-refractivity contribution in [3.8, 4) is 11.9 Å². The number of hydrogen-bond acceptors (Lipinski definition) is 6. The van der Waals surface area contributed by atoms with E-state index in [1.165, 1.54) is 7.11 Å². The van der Waals surface area contributed by atoms with Gasteiger partial charge >= 0.3 is 6.01 Å². The first-order chi connectivity index (χ1) is 11.7. The molecule has 1 fully saturated rings. The number of benzene rings is 1. The third-order valence-electron chi connectivity index (χ3n) is 3.97. The minimum Gasteiger partial charge on any atom is -0.481 e. The molecule has 7 nitrogen and oxygen atoms in total. The third kappa shape index (κ3) is 3.40. The van der Waals surface area contributed by atoms with Gasteiger partial charge in [0.1, 0.15) is 5.82 Å². The van der Waals surface area contributed by atoms with Crippen LogP contribution < -0.4 is 14.4 Å². The summed E-state index contributed by atoms with van der Waals surface area (Å²) < 4.78 is 10.3. The molecule has 0 unspecified atom stereocenters. The zero-order valence-corrected chi connectivity index (χ0v) is 13.8. The van der Waals surface area contributed by atoms with Crippen LogP contribution in [0.5, 0.6) is 11.9 Å². The van der Waals surface area contributed by atoms with Gasteiger partial charge in [0.15, 0.2) is 0 Å².